The molecule has 4 aromatic rings. The Kier molecular flexibility index (Phi) is 6.19. The van der Waals surface area contributed by atoms with Gasteiger partial charge in [-0.25, -0.2) is 4.98 Å². The lowest BCUT2D eigenvalue weighted by Gasteiger charge is -2.16. The van der Waals surface area contributed by atoms with Crippen molar-refractivity contribution < 1.29 is 4.79 Å². The van der Waals surface area contributed by atoms with Gasteiger partial charge in [0.05, 0.1) is 23.7 Å². The molecule has 5 heteroatoms. The Balaban J connectivity index is 1.43. The molecule has 1 N–H and O–H groups in total. The van der Waals surface area contributed by atoms with Crippen LogP contribution in [0.15, 0.2) is 84.1 Å². The fourth-order valence-corrected chi connectivity index (χ4v) is 4.59. The summed E-state index contributed by atoms with van der Waals surface area (Å²) in [4.78, 5) is 17.2. The number of thioether (sulfide) groups is 1. The van der Waals surface area contributed by atoms with Gasteiger partial charge in [-0.3, -0.25) is 4.79 Å². The first-order valence-corrected chi connectivity index (χ1v) is 11.2. The Bertz CT molecular complexity index is 1150. The molecule has 0 aliphatic carbocycles. The highest BCUT2D eigenvalue weighted by Crippen LogP contribution is 2.27. The van der Waals surface area contributed by atoms with Crippen molar-refractivity contribution in [3.63, 3.8) is 0 Å². The molecule has 1 atom stereocenters. The van der Waals surface area contributed by atoms with Gasteiger partial charge in [0.25, 0.3) is 0 Å². The highest BCUT2D eigenvalue weighted by molar-refractivity contribution is 7.99. The van der Waals surface area contributed by atoms with Crippen molar-refractivity contribution in [1.29, 1.82) is 0 Å². The Labute approximate surface area is 181 Å². The summed E-state index contributed by atoms with van der Waals surface area (Å²) in [5, 5.41) is 6.36. The molecule has 30 heavy (non-hydrogen) atoms. The minimum Gasteiger partial charge on any atom is -0.349 e. The molecule has 0 fully saturated rings. The summed E-state index contributed by atoms with van der Waals surface area (Å²) < 4.78 is 2.15. The standard InChI is InChI=1S/C25H25N3OS/c1-3-28-23(20-11-5-4-6-12-20)16-26-25(28)30-17-24(29)27-18(2)21-15-9-13-19-10-7-8-14-22(19)21/h4-16,18H,3,17H2,1-2H3,(H,27,29). The molecular weight excluding hydrogens is 390 g/mol. The number of imidazole rings is 1. The molecule has 1 amide bonds. The van der Waals surface area contributed by atoms with E-state index >= 15 is 0 Å². The quantitative estimate of drug-likeness (QED) is 0.394. The maximum absolute atomic E-state index is 12.6. The maximum Gasteiger partial charge on any atom is 0.230 e. The van der Waals surface area contributed by atoms with E-state index in [9.17, 15) is 4.79 Å². The molecule has 4 rings (SSSR count). The third-order valence-electron chi connectivity index (χ3n) is 5.20. The predicted molar refractivity (Wildman–Crippen MR) is 125 cm³/mol. The zero-order chi connectivity index (χ0) is 20.9. The van der Waals surface area contributed by atoms with E-state index in [4.69, 9.17) is 0 Å². The second kappa shape index (κ2) is 9.18. The fraction of sp³-hybridized carbons (Fsp3) is 0.200. The molecule has 1 unspecified atom stereocenters. The highest BCUT2D eigenvalue weighted by Gasteiger charge is 2.15. The van der Waals surface area contributed by atoms with E-state index in [0.29, 0.717) is 5.75 Å². The monoisotopic (exact) mass is 415 g/mol. The fourth-order valence-electron chi connectivity index (χ4n) is 3.74. The number of rotatable bonds is 7. The third kappa shape index (κ3) is 4.26. The number of nitrogens with one attached hydrogen (secondary N) is 1. The number of amides is 1. The number of carbonyl (C=O) groups is 1. The third-order valence-corrected chi connectivity index (χ3v) is 6.20. The SMILES string of the molecule is CCn1c(-c2ccccc2)cnc1SCC(=O)NC(C)c1cccc2ccccc12. The van der Waals surface area contributed by atoms with Crippen LogP contribution in [0.5, 0.6) is 0 Å². The minimum atomic E-state index is -0.0602. The summed E-state index contributed by atoms with van der Waals surface area (Å²) in [6.07, 6.45) is 1.89. The molecular formula is C25H25N3OS. The van der Waals surface area contributed by atoms with E-state index in [2.05, 4.69) is 58.2 Å². The second-order valence-electron chi connectivity index (χ2n) is 7.18. The van der Waals surface area contributed by atoms with Crippen molar-refractivity contribution in [3.05, 3.63) is 84.6 Å². The van der Waals surface area contributed by atoms with Gasteiger partial charge < -0.3 is 9.88 Å². The molecule has 0 bridgehead atoms. The number of benzene rings is 3. The van der Waals surface area contributed by atoms with E-state index in [-0.39, 0.29) is 11.9 Å². The zero-order valence-corrected chi connectivity index (χ0v) is 18.0. The van der Waals surface area contributed by atoms with Crippen LogP contribution in [0.1, 0.15) is 25.5 Å². The molecule has 1 heterocycles. The topological polar surface area (TPSA) is 46.9 Å². The molecule has 1 aromatic heterocycles. The van der Waals surface area contributed by atoms with Crippen LogP contribution >= 0.6 is 11.8 Å². The van der Waals surface area contributed by atoms with Crippen LogP contribution in [0.25, 0.3) is 22.0 Å². The molecule has 0 radical (unpaired) electrons. The normalized spacial score (nSPS) is 12.1. The molecule has 0 saturated heterocycles. The van der Waals surface area contributed by atoms with Crippen LogP contribution in [0.4, 0.5) is 0 Å². The molecule has 4 nitrogen and oxygen atoms in total. The van der Waals surface area contributed by atoms with Gasteiger partial charge in [0.1, 0.15) is 0 Å². The number of hydrogen-bond donors (Lipinski definition) is 1. The molecule has 0 saturated carbocycles. The molecule has 0 aliphatic rings. The highest BCUT2D eigenvalue weighted by atomic mass is 32.2. The van der Waals surface area contributed by atoms with Crippen LogP contribution in [0, 0.1) is 0 Å². The maximum atomic E-state index is 12.6. The van der Waals surface area contributed by atoms with E-state index in [1.165, 1.54) is 22.5 Å². The number of carbonyl (C=O) groups excluding carboxylic acids is 1. The molecule has 3 aromatic carbocycles. The summed E-state index contributed by atoms with van der Waals surface area (Å²) in [6.45, 7) is 4.94. The summed E-state index contributed by atoms with van der Waals surface area (Å²) in [7, 11) is 0. The average molecular weight is 416 g/mol. The van der Waals surface area contributed by atoms with Gasteiger partial charge in [0.15, 0.2) is 5.16 Å². The van der Waals surface area contributed by atoms with Crippen LogP contribution in [-0.4, -0.2) is 21.2 Å². The number of aromatic nitrogens is 2. The summed E-state index contributed by atoms with van der Waals surface area (Å²) in [5.74, 6) is 0.340. The Morgan fingerprint density at radius 3 is 2.57 bits per heavy atom. The number of nitrogens with zero attached hydrogens (tertiary/aromatic N) is 2. The number of fused-ring (bicyclic) bond motifs is 1. The van der Waals surface area contributed by atoms with Crippen molar-refractivity contribution in [2.75, 3.05) is 5.75 Å². The lowest BCUT2D eigenvalue weighted by molar-refractivity contribution is -0.119. The first-order chi connectivity index (χ1) is 14.7. The van der Waals surface area contributed by atoms with Crippen LogP contribution in [-0.2, 0) is 11.3 Å². The lowest BCUT2D eigenvalue weighted by atomic mass is 10.00. The van der Waals surface area contributed by atoms with Gasteiger partial charge in [-0.05, 0) is 35.7 Å². The van der Waals surface area contributed by atoms with Gasteiger partial charge in [-0.15, -0.1) is 0 Å². The molecule has 152 valence electrons. The predicted octanol–water partition coefficient (Wildman–Crippen LogP) is 5.69. The van der Waals surface area contributed by atoms with Gasteiger partial charge in [-0.2, -0.15) is 0 Å². The van der Waals surface area contributed by atoms with E-state index in [1.54, 1.807) is 0 Å². The first kappa shape index (κ1) is 20.2. The Morgan fingerprint density at radius 2 is 1.77 bits per heavy atom. The van der Waals surface area contributed by atoms with Gasteiger partial charge >= 0.3 is 0 Å². The van der Waals surface area contributed by atoms with Crippen molar-refractivity contribution in [2.24, 2.45) is 0 Å². The van der Waals surface area contributed by atoms with Crippen LogP contribution in [0.3, 0.4) is 0 Å². The van der Waals surface area contributed by atoms with Crippen molar-refractivity contribution in [3.8, 4) is 11.3 Å². The van der Waals surface area contributed by atoms with Gasteiger partial charge in [0, 0.05) is 6.54 Å². The van der Waals surface area contributed by atoms with Crippen molar-refractivity contribution >= 4 is 28.4 Å². The Morgan fingerprint density at radius 1 is 1.03 bits per heavy atom. The average Bonchev–Trinajstić information content (AvgIpc) is 3.20. The van der Waals surface area contributed by atoms with Gasteiger partial charge in [0.2, 0.25) is 5.91 Å². The van der Waals surface area contributed by atoms with Crippen molar-refractivity contribution in [1.82, 2.24) is 14.9 Å². The van der Waals surface area contributed by atoms with E-state index in [1.807, 2.05) is 49.5 Å². The zero-order valence-electron chi connectivity index (χ0n) is 17.2. The lowest BCUT2D eigenvalue weighted by Crippen LogP contribution is -2.28. The van der Waals surface area contributed by atoms with E-state index in [0.717, 1.165) is 28.5 Å². The second-order valence-corrected chi connectivity index (χ2v) is 8.13. The van der Waals surface area contributed by atoms with Crippen molar-refractivity contribution in [2.45, 2.75) is 31.6 Å². The first-order valence-electron chi connectivity index (χ1n) is 10.2. The van der Waals surface area contributed by atoms with Crippen LogP contribution < -0.4 is 5.32 Å². The minimum absolute atomic E-state index is 0.00680. The summed E-state index contributed by atoms with van der Waals surface area (Å²) in [6, 6.07) is 24.6. The molecule has 0 spiro atoms. The number of hydrogen-bond acceptors (Lipinski definition) is 3. The van der Waals surface area contributed by atoms with Gasteiger partial charge in [-0.1, -0.05) is 84.6 Å². The largest absolute Gasteiger partial charge is 0.349 e. The molecule has 0 aliphatic heterocycles. The van der Waals surface area contributed by atoms with E-state index < -0.39 is 0 Å². The Hall–Kier alpha value is -3.05. The summed E-state index contributed by atoms with van der Waals surface area (Å²) in [5.41, 5.74) is 3.34. The van der Waals surface area contributed by atoms with Crippen LogP contribution in [0.2, 0.25) is 0 Å². The smallest absolute Gasteiger partial charge is 0.230 e. The summed E-state index contributed by atoms with van der Waals surface area (Å²) >= 11 is 1.48.